The summed E-state index contributed by atoms with van der Waals surface area (Å²) in [7, 11) is 2.71. The molecule has 1 heterocycles. The zero-order valence-corrected chi connectivity index (χ0v) is 14.0. The van der Waals surface area contributed by atoms with Gasteiger partial charge in [0.2, 0.25) is 0 Å². The van der Waals surface area contributed by atoms with Gasteiger partial charge >= 0.3 is 11.9 Å². The maximum absolute atomic E-state index is 11.6. The largest absolute Gasteiger partial charge is 0.468 e. The van der Waals surface area contributed by atoms with Gasteiger partial charge in [0, 0.05) is 17.1 Å². The van der Waals surface area contributed by atoms with Crippen LogP contribution in [0.2, 0.25) is 0 Å². The molecular formula is C15H28N2O4. The van der Waals surface area contributed by atoms with Crippen molar-refractivity contribution in [3.8, 4) is 0 Å². The van der Waals surface area contributed by atoms with Gasteiger partial charge in [-0.05, 0) is 40.5 Å². The van der Waals surface area contributed by atoms with Gasteiger partial charge in [0.25, 0.3) is 0 Å². The Bertz CT molecular complexity index is 359. The Hall–Kier alpha value is -1.14. The Morgan fingerprint density at radius 1 is 1.00 bits per heavy atom. The molecule has 0 spiro atoms. The molecule has 1 saturated heterocycles. The average molecular weight is 300 g/mol. The molecule has 6 heteroatoms. The minimum Gasteiger partial charge on any atom is -0.468 e. The third-order valence-corrected chi connectivity index (χ3v) is 3.80. The first-order valence-electron chi connectivity index (χ1n) is 7.25. The van der Waals surface area contributed by atoms with E-state index in [1.54, 1.807) is 0 Å². The lowest BCUT2D eigenvalue weighted by Crippen LogP contribution is -2.63. The van der Waals surface area contributed by atoms with E-state index in [4.69, 9.17) is 9.47 Å². The van der Waals surface area contributed by atoms with Crippen LogP contribution in [-0.4, -0.2) is 61.3 Å². The first-order chi connectivity index (χ1) is 9.58. The molecule has 6 nitrogen and oxygen atoms in total. The van der Waals surface area contributed by atoms with Crippen LogP contribution in [0.25, 0.3) is 0 Å². The van der Waals surface area contributed by atoms with Crippen molar-refractivity contribution in [2.24, 2.45) is 0 Å². The zero-order chi connectivity index (χ0) is 16.3. The first kappa shape index (κ1) is 17.9. The summed E-state index contributed by atoms with van der Waals surface area (Å²) in [4.78, 5) is 25.1. The van der Waals surface area contributed by atoms with Crippen LogP contribution in [0, 0.1) is 0 Å². The fourth-order valence-electron chi connectivity index (χ4n) is 3.30. The van der Waals surface area contributed by atoms with E-state index in [2.05, 4.69) is 33.0 Å². The van der Waals surface area contributed by atoms with Crippen LogP contribution in [0.15, 0.2) is 0 Å². The van der Waals surface area contributed by atoms with Crippen molar-refractivity contribution < 1.29 is 19.1 Å². The Morgan fingerprint density at radius 2 is 1.38 bits per heavy atom. The molecular weight excluding hydrogens is 272 g/mol. The molecule has 0 bridgehead atoms. The summed E-state index contributed by atoms with van der Waals surface area (Å²) in [6.07, 6.45) is 1.70. The van der Waals surface area contributed by atoms with Crippen molar-refractivity contribution in [1.82, 2.24) is 10.2 Å². The normalized spacial score (nSPS) is 21.1. The van der Waals surface area contributed by atoms with Crippen LogP contribution in [-0.2, 0) is 19.1 Å². The number of nitrogens with one attached hydrogen (secondary N) is 1. The van der Waals surface area contributed by atoms with E-state index in [1.165, 1.54) is 14.2 Å². The van der Waals surface area contributed by atoms with Crippen molar-refractivity contribution in [2.45, 2.75) is 57.7 Å². The van der Waals surface area contributed by atoms with Gasteiger partial charge in [-0.3, -0.25) is 14.5 Å². The number of rotatable bonds is 5. The molecule has 0 atom stereocenters. The number of methoxy groups -OCH3 is 2. The van der Waals surface area contributed by atoms with Crippen LogP contribution in [0.5, 0.6) is 0 Å². The highest BCUT2D eigenvalue weighted by molar-refractivity contribution is 5.75. The van der Waals surface area contributed by atoms with Gasteiger partial charge in [0.15, 0.2) is 0 Å². The standard InChI is InChI=1S/C15H28N2O4/c1-14(2)7-11(8-15(3,4)16-14)17(9-12(18)20-5)10-13(19)21-6/h11,16H,7-10H2,1-6H3. The Labute approximate surface area is 127 Å². The topological polar surface area (TPSA) is 67.9 Å². The highest BCUT2D eigenvalue weighted by Gasteiger charge is 2.40. The summed E-state index contributed by atoms with van der Waals surface area (Å²) in [5.74, 6) is -0.680. The minimum absolute atomic E-state index is 0.0586. The van der Waals surface area contributed by atoms with Gasteiger partial charge in [-0.25, -0.2) is 0 Å². The number of esters is 2. The van der Waals surface area contributed by atoms with Crippen LogP contribution < -0.4 is 5.32 Å². The van der Waals surface area contributed by atoms with Gasteiger partial charge in [-0.2, -0.15) is 0 Å². The summed E-state index contributed by atoms with van der Waals surface area (Å²) in [6, 6.07) is 0.120. The van der Waals surface area contributed by atoms with Crippen molar-refractivity contribution >= 4 is 11.9 Å². The fourth-order valence-corrected chi connectivity index (χ4v) is 3.30. The molecule has 1 N–H and O–H groups in total. The maximum atomic E-state index is 11.6. The third kappa shape index (κ3) is 5.63. The summed E-state index contributed by atoms with van der Waals surface area (Å²) >= 11 is 0. The Balaban J connectivity index is 2.89. The Morgan fingerprint density at radius 3 is 1.71 bits per heavy atom. The molecule has 0 aliphatic carbocycles. The molecule has 122 valence electrons. The average Bonchev–Trinajstić information content (AvgIpc) is 2.33. The lowest BCUT2D eigenvalue weighted by molar-refractivity contribution is -0.147. The lowest BCUT2D eigenvalue weighted by Gasteiger charge is -2.49. The number of carbonyl (C=O) groups excluding carboxylic acids is 2. The third-order valence-electron chi connectivity index (χ3n) is 3.80. The molecule has 0 unspecified atom stereocenters. The number of hydrogen-bond acceptors (Lipinski definition) is 6. The van der Waals surface area contributed by atoms with E-state index < -0.39 is 0 Å². The summed E-state index contributed by atoms with van der Waals surface area (Å²) in [5.41, 5.74) is -0.117. The lowest BCUT2D eigenvalue weighted by atomic mass is 9.79. The second kappa shape index (κ2) is 6.75. The number of nitrogens with zero attached hydrogens (tertiary/aromatic N) is 1. The number of hydrogen-bond donors (Lipinski definition) is 1. The maximum Gasteiger partial charge on any atom is 0.319 e. The molecule has 0 radical (unpaired) electrons. The molecule has 1 rings (SSSR count). The highest BCUT2D eigenvalue weighted by atomic mass is 16.5. The highest BCUT2D eigenvalue weighted by Crippen LogP contribution is 2.31. The number of ether oxygens (including phenoxy) is 2. The van der Waals surface area contributed by atoms with Gasteiger partial charge in [-0.1, -0.05) is 0 Å². The molecule has 21 heavy (non-hydrogen) atoms. The monoisotopic (exact) mass is 300 g/mol. The van der Waals surface area contributed by atoms with Crippen LogP contribution in [0.4, 0.5) is 0 Å². The Kier molecular flexibility index (Phi) is 5.75. The van der Waals surface area contributed by atoms with Gasteiger partial charge in [0.05, 0.1) is 27.3 Å². The van der Waals surface area contributed by atoms with Gasteiger partial charge in [-0.15, -0.1) is 0 Å². The zero-order valence-electron chi connectivity index (χ0n) is 14.0. The molecule has 1 aliphatic rings. The predicted molar refractivity (Wildman–Crippen MR) is 79.9 cm³/mol. The predicted octanol–water partition coefficient (Wildman–Crippen LogP) is 0.944. The quantitative estimate of drug-likeness (QED) is 0.762. The van der Waals surface area contributed by atoms with Crippen molar-refractivity contribution in [2.75, 3.05) is 27.3 Å². The van der Waals surface area contributed by atoms with E-state index in [0.29, 0.717) is 0 Å². The molecule has 1 fully saturated rings. The summed E-state index contributed by atoms with van der Waals surface area (Å²) < 4.78 is 9.48. The van der Waals surface area contributed by atoms with Gasteiger partial charge < -0.3 is 14.8 Å². The van der Waals surface area contributed by atoms with Crippen LogP contribution in [0.3, 0.4) is 0 Å². The molecule has 1 aliphatic heterocycles. The van der Waals surface area contributed by atoms with Crippen LogP contribution >= 0.6 is 0 Å². The van der Waals surface area contributed by atoms with E-state index >= 15 is 0 Å². The molecule has 0 aromatic heterocycles. The molecule has 0 aromatic rings. The van der Waals surface area contributed by atoms with Crippen molar-refractivity contribution in [3.05, 3.63) is 0 Å². The van der Waals surface area contributed by atoms with E-state index in [1.807, 2.05) is 4.90 Å². The second-order valence-corrected chi connectivity index (χ2v) is 7.01. The number of carbonyl (C=O) groups is 2. The summed E-state index contributed by atoms with van der Waals surface area (Å²) in [6.45, 7) is 8.74. The molecule has 0 saturated carbocycles. The van der Waals surface area contributed by atoms with Crippen molar-refractivity contribution in [3.63, 3.8) is 0 Å². The summed E-state index contributed by atoms with van der Waals surface area (Å²) in [5, 5.41) is 3.59. The van der Waals surface area contributed by atoms with Gasteiger partial charge in [0.1, 0.15) is 0 Å². The minimum atomic E-state index is -0.340. The van der Waals surface area contributed by atoms with E-state index in [0.717, 1.165) is 12.8 Å². The van der Waals surface area contributed by atoms with Crippen molar-refractivity contribution in [1.29, 1.82) is 0 Å². The molecule has 0 aromatic carbocycles. The first-order valence-corrected chi connectivity index (χ1v) is 7.25. The van der Waals surface area contributed by atoms with E-state index in [-0.39, 0.29) is 42.1 Å². The number of piperidine rings is 1. The van der Waals surface area contributed by atoms with Crippen LogP contribution in [0.1, 0.15) is 40.5 Å². The SMILES string of the molecule is COC(=O)CN(CC(=O)OC)C1CC(C)(C)NC(C)(C)C1. The second-order valence-electron chi connectivity index (χ2n) is 7.01. The van der Waals surface area contributed by atoms with E-state index in [9.17, 15) is 9.59 Å². The fraction of sp³-hybridized carbons (Fsp3) is 0.867. The molecule has 0 amide bonds. The smallest absolute Gasteiger partial charge is 0.319 e.